The number of hydrogen-bond acceptors (Lipinski definition) is 3. The molecule has 0 radical (unpaired) electrons. The number of carbonyl (C=O) groups is 1. The fraction of sp³-hybridized carbons (Fsp3) is 0.348. The molecule has 0 unspecified atom stereocenters. The molecule has 1 aliphatic rings. The molecule has 0 saturated carbocycles. The van der Waals surface area contributed by atoms with Crippen molar-refractivity contribution >= 4 is 17.0 Å². The number of para-hydroxylation sites is 1. The third-order valence-corrected chi connectivity index (χ3v) is 5.07. The second-order valence-electron chi connectivity index (χ2n) is 8.17. The van der Waals surface area contributed by atoms with Crippen molar-refractivity contribution in [2.75, 3.05) is 13.7 Å². The first-order valence-corrected chi connectivity index (χ1v) is 9.60. The van der Waals surface area contributed by atoms with Gasteiger partial charge in [-0.1, -0.05) is 30.3 Å². The molecule has 1 N–H and O–H groups in total. The van der Waals surface area contributed by atoms with Gasteiger partial charge in [0.05, 0.1) is 7.11 Å². The predicted molar refractivity (Wildman–Crippen MR) is 110 cm³/mol. The SMILES string of the molecule is COc1cccc([C@H]2c3[nH]c4ccccc4c3CCN2C(=O)OC(C)(C)C)c1. The molecule has 2 heterocycles. The number of aromatic nitrogens is 1. The van der Waals surface area contributed by atoms with Gasteiger partial charge in [0.15, 0.2) is 0 Å². The van der Waals surface area contributed by atoms with Gasteiger partial charge in [0.25, 0.3) is 0 Å². The normalized spacial score (nSPS) is 16.7. The van der Waals surface area contributed by atoms with Crippen LogP contribution in [0.3, 0.4) is 0 Å². The summed E-state index contributed by atoms with van der Waals surface area (Å²) in [5.74, 6) is 0.768. The van der Waals surface area contributed by atoms with Gasteiger partial charge in [0.2, 0.25) is 0 Å². The van der Waals surface area contributed by atoms with Crippen molar-refractivity contribution in [3.05, 3.63) is 65.4 Å². The highest BCUT2D eigenvalue weighted by molar-refractivity contribution is 5.86. The van der Waals surface area contributed by atoms with Crippen molar-refractivity contribution in [3.8, 4) is 5.75 Å². The van der Waals surface area contributed by atoms with Gasteiger partial charge in [-0.25, -0.2) is 4.79 Å². The Morgan fingerprint density at radius 1 is 1.14 bits per heavy atom. The summed E-state index contributed by atoms with van der Waals surface area (Å²) in [5.41, 5.74) is 3.86. The maximum atomic E-state index is 13.0. The summed E-state index contributed by atoms with van der Waals surface area (Å²) in [5, 5.41) is 1.22. The third kappa shape index (κ3) is 3.33. The third-order valence-electron chi connectivity index (χ3n) is 5.07. The average molecular weight is 378 g/mol. The van der Waals surface area contributed by atoms with Crippen molar-refractivity contribution in [1.82, 2.24) is 9.88 Å². The van der Waals surface area contributed by atoms with Crippen LogP contribution in [0.5, 0.6) is 5.75 Å². The van der Waals surface area contributed by atoms with Gasteiger partial charge >= 0.3 is 6.09 Å². The molecule has 1 aromatic heterocycles. The van der Waals surface area contributed by atoms with Crippen LogP contribution in [-0.2, 0) is 11.2 Å². The Morgan fingerprint density at radius 2 is 1.93 bits per heavy atom. The molecule has 5 nitrogen and oxygen atoms in total. The van der Waals surface area contributed by atoms with Gasteiger partial charge in [-0.2, -0.15) is 0 Å². The van der Waals surface area contributed by atoms with Crippen molar-refractivity contribution in [3.63, 3.8) is 0 Å². The van der Waals surface area contributed by atoms with Crippen LogP contribution in [-0.4, -0.2) is 35.2 Å². The quantitative estimate of drug-likeness (QED) is 0.678. The summed E-state index contributed by atoms with van der Waals surface area (Å²) < 4.78 is 11.1. The van der Waals surface area contributed by atoms with Gasteiger partial charge < -0.3 is 14.5 Å². The largest absolute Gasteiger partial charge is 0.497 e. The Labute approximate surface area is 165 Å². The van der Waals surface area contributed by atoms with Gasteiger partial charge in [-0.3, -0.25) is 4.90 Å². The maximum Gasteiger partial charge on any atom is 0.411 e. The number of methoxy groups -OCH3 is 1. The van der Waals surface area contributed by atoms with Crippen LogP contribution >= 0.6 is 0 Å². The Balaban J connectivity index is 1.84. The standard InChI is InChI=1S/C23H26N2O3/c1-23(2,3)28-22(26)25-13-12-18-17-10-5-6-11-19(17)24-20(18)21(25)15-8-7-9-16(14-15)27-4/h5-11,14,21,24H,12-13H2,1-4H3/t21-/m0/s1. The summed E-state index contributed by atoms with van der Waals surface area (Å²) in [6.07, 6.45) is 0.489. The zero-order valence-corrected chi connectivity index (χ0v) is 16.8. The number of nitrogens with one attached hydrogen (secondary N) is 1. The first-order chi connectivity index (χ1) is 13.4. The molecule has 0 bridgehead atoms. The second kappa shape index (κ2) is 6.89. The lowest BCUT2D eigenvalue weighted by Crippen LogP contribution is -2.43. The molecule has 0 spiro atoms. The number of hydrogen-bond donors (Lipinski definition) is 1. The highest BCUT2D eigenvalue weighted by atomic mass is 16.6. The van der Waals surface area contributed by atoms with E-state index in [0.717, 1.165) is 28.9 Å². The number of nitrogens with zero attached hydrogens (tertiary/aromatic N) is 1. The molecule has 0 saturated heterocycles. The minimum Gasteiger partial charge on any atom is -0.497 e. The van der Waals surface area contributed by atoms with E-state index in [4.69, 9.17) is 9.47 Å². The summed E-state index contributed by atoms with van der Waals surface area (Å²) in [4.78, 5) is 18.4. The van der Waals surface area contributed by atoms with Crippen LogP contribution in [0.1, 0.15) is 43.6 Å². The molecule has 1 amide bonds. The minimum absolute atomic E-state index is 0.249. The van der Waals surface area contributed by atoms with E-state index < -0.39 is 5.60 Å². The molecule has 0 fully saturated rings. The molecule has 2 aromatic carbocycles. The summed E-state index contributed by atoms with van der Waals surface area (Å²) in [6, 6.07) is 15.9. The first kappa shape index (κ1) is 18.4. The molecule has 4 rings (SSSR count). The van der Waals surface area contributed by atoms with Crippen molar-refractivity contribution in [2.24, 2.45) is 0 Å². The molecule has 146 valence electrons. The number of H-pyrrole nitrogens is 1. The van der Waals surface area contributed by atoms with E-state index in [1.165, 1.54) is 10.9 Å². The summed E-state index contributed by atoms with van der Waals surface area (Å²) in [6.45, 7) is 6.28. The number of rotatable bonds is 2. The van der Waals surface area contributed by atoms with Crippen molar-refractivity contribution in [1.29, 1.82) is 0 Å². The molecule has 3 aromatic rings. The molecule has 0 aliphatic carbocycles. The van der Waals surface area contributed by atoms with Crippen LogP contribution in [0.25, 0.3) is 10.9 Å². The zero-order chi connectivity index (χ0) is 19.9. The number of aromatic amines is 1. The Bertz CT molecular complexity index is 1020. The Morgan fingerprint density at radius 3 is 2.68 bits per heavy atom. The van der Waals surface area contributed by atoms with E-state index >= 15 is 0 Å². The smallest absolute Gasteiger partial charge is 0.411 e. The van der Waals surface area contributed by atoms with E-state index in [9.17, 15) is 4.79 Å². The monoisotopic (exact) mass is 378 g/mol. The lowest BCUT2D eigenvalue weighted by molar-refractivity contribution is 0.0175. The highest BCUT2D eigenvalue weighted by Gasteiger charge is 2.36. The summed E-state index contributed by atoms with van der Waals surface area (Å²) in [7, 11) is 1.65. The van der Waals surface area contributed by atoms with Crippen LogP contribution < -0.4 is 4.74 Å². The first-order valence-electron chi connectivity index (χ1n) is 9.60. The molecule has 5 heteroatoms. The molecular weight excluding hydrogens is 352 g/mol. The fourth-order valence-corrected chi connectivity index (χ4v) is 3.92. The van der Waals surface area contributed by atoms with Crippen molar-refractivity contribution < 1.29 is 14.3 Å². The van der Waals surface area contributed by atoms with Gasteiger partial charge in [-0.05, 0) is 56.5 Å². The molecule has 28 heavy (non-hydrogen) atoms. The van der Waals surface area contributed by atoms with Crippen molar-refractivity contribution in [2.45, 2.75) is 38.8 Å². The second-order valence-corrected chi connectivity index (χ2v) is 8.17. The number of carbonyl (C=O) groups excluding carboxylic acids is 1. The van der Waals surface area contributed by atoms with E-state index in [-0.39, 0.29) is 12.1 Å². The minimum atomic E-state index is -0.545. The van der Waals surface area contributed by atoms with E-state index in [2.05, 4.69) is 23.2 Å². The van der Waals surface area contributed by atoms with Crippen LogP contribution in [0.4, 0.5) is 4.79 Å². The lowest BCUT2D eigenvalue weighted by Gasteiger charge is -2.37. The number of fused-ring (bicyclic) bond motifs is 3. The predicted octanol–water partition coefficient (Wildman–Crippen LogP) is 5.06. The van der Waals surface area contributed by atoms with Gasteiger partial charge in [0.1, 0.15) is 17.4 Å². The number of benzene rings is 2. The molecule has 1 atom stereocenters. The van der Waals surface area contributed by atoms with E-state index in [0.29, 0.717) is 6.54 Å². The number of ether oxygens (including phenoxy) is 2. The van der Waals surface area contributed by atoms with E-state index in [1.54, 1.807) is 7.11 Å². The van der Waals surface area contributed by atoms with E-state index in [1.807, 2.05) is 56.0 Å². The topological polar surface area (TPSA) is 54.6 Å². The van der Waals surface area contributed by atoms with Crippen LogP contribution in [0.2, 0.25) is 0 Å². The molecule has 1 aliphatic heterocycles. The lowest BCUT2D eigenvalue weighted by atomic mass is 9.92. The Hall–Kier alpha value is -2.95. The maximum absolute atomic E-state index is 13.0. The summed E-state index contributed by atoms with van der Waals surface area (Å²) >= 11 is 0. The fourth-order valence-electron chi connectivity index (χ4n) is 3.92. The van der Waals surface area contributed by atoms with Crippen LogP contribution in [0, 0.1) is 0 Å². The van der Waals surface area contributed by atoms with Crippen LogP contribution in [0.15, 0.2) is 48.5 Å². The molecular formula is C23H26N2O3. The zero-order valence-electron chi connectivity index (χ0n) is 16.8. The van der Waals surface area contributed by atoms with Gasteiger partial charge in [0, 0.05) is 23.1 Å². The number of amides is 1. The highest BCUT2D eigenvalue weighted by Crippen LogP contribution is 2.39. The average Bonchev–Trinajstić information content (AvgIpc) is 3.04. The van der Waals surface area contributed by atoms with Gasteiger partial charge in [-0.15, -0.1) is 0 Å². The Kier molecular flexibility index (Phi) is 4.53.